The zero-order chi connectivity index (χ0) is 18.2. The molecule has 0 saturated carbocycles. The predicted molar refractivity (Wildman–Crippen MR) is 101 cm³/mol. The smallest absolute Gasteiger partial charge is 0.308 e. The van der Waals surface area contributed by atoms with E-state index in [-0.39, 0.29) is 12.5 Å². The van der Waals surface area contributed by atoms with Gasteiger partial charge in [-0.15, -0.1) is 11.3 Å². The van der Waals surface area contributed by atoms with Crippen LogP contribution in [0.15, 0.2) is 36.4 Å². The highest BCUT2D eigenvalue weighted by Crippen LogP contribution is 2.22. The number of aryl methyl sites for hydroxylation is 3. The monoisotopic (exact) mass is 359 g/mol. The highest BCUT2D eigenvalue weighted by molar-refractivity contribution is 7.12. The van der Waals surface area contributed by atoms with E-state index in [0.717, 1.165) is 18.4 Å². The van der Waals surface area contributed by atoms with E-state index >= 15 is 0 Å². The van der Waals surface area contributed by atoms with Crippen LogP contribution in [0.2, 0.25) is 0 Å². The van der Waals surface area contributed by atoms with E-state index in [1.807, 2.05) is 30.3 Å². The van der Waals surface area contributed by atoms with Gasteiger partial charge in [-0.2, -0.15) is 0 Å². The Kier molecular flexibility index (Phi) is 7.19. The Morgan fingerprint density at radius 2 is 1.92 bits per heavy atom. The molecule has 1 heterocycles. The van der Waals surface area contributed by atoms with Crippen molar-refractivity contribution in [2.45, 2.75) is 39.5 Å². The van der Waals surface area contributed by atoms with E-state index in [2.05, 4.69) is 25.2 Å². The van der Waals surface area contributed by atoms with Crippen LogP contribution in [0.5, 0.6) is 0 Å². The molecule has 0 aliphatic rings. The largest absolute Gasteiger partial charge is 0.481 e. The fraction of sp³-hybridized carbons (Fsp3) is 0.400. The minimum absolute atomic E-state index is 0.0797. The van der Waals surface area contributed by atoms with Gasteiger partial charge in [0.1, 0.15) is 0 Å². The van der Waals surface area contributed by atoms with Crippen molar-refractivity contribution in [3.63, 3.8) is 0 Å². The second kappa shape index (κ2) is 9.37. The molecule has 0 aliphatic heterocycles. The molecule has 0 radical (unpaired) electrons. The number of hydrogen-bond donors (Lipinski definition) is 2. The number of carboxylic acids is 1. The van der Waals surface area contributed by atoms with Gasteiger partial charge >= 0.3 is 5.97 Å². The van der Waals surface area contributed by atoms with Crippen molar-refractivity contribution in [1.82, 2.24) is 5.32 Å². The van der Waals surface area contributed by atoms with E-state index in [1.165, 1.54) is 15.3 Å². The van der Waals surface area contributed by atoms with Gasteiger partial charge in [-0.25, -0.2) is 0 Å². The molecule has 1 unspecified atom stereocenters. The summed E-state index contributed by atoms with van der Waals surface area (Å²) in [6, 6.07) is 11.7. The number of thiophene rings is 1. The zero-order valence-electron chi connectivity index (χ0n) is 14.7. The molecule has 1 amide bonds. The first-order valence-corrected chi connectivity index (χ1v) is 9.36. The van der Waals surface area contributed by atoms with Crippen molar-refractivity contribution >= 4 is 23.2 Å². The van der Waals surface area contributed by atoms with Crippen molar-refractivity contribution in [3.05, 3.63) is 57.3 Å². The van der Waals surface area contributed by atoms with E-state index in [0.29, 0.717) is 12.8 Å². The van der Waals surface area contributed by atoms with Crippen LogP contribution in [-0.2, 0) is 22.4 Å². The summed E-state index contributed by atoms with van der Waals surface area (Å²) in [7, 11) is 0. The molecule has 134 valence electrons. The Hall–Kier alpha value is -2.14. The lowest BCUT2D eigenvalue weighted by atomic mass is 9.99. The normalized spacial score (nSPS) is 11.9. The third-order valence-electron chi connectivity index (χ3n) is 4.21. The molecule has 0 spiro atoms. The van der Waals surface area contributed by atoms with E-state index in [1.54, 1.807) is 11.3 Å². The molecule has 2 N–H and O–H groups in total. The number of benzene rings is 1. The molecule has 2 aromatic rings. The maximum Gasteiger partial charge on any atom is 0.308 e. The molecule has 1 atom stereocenters. The first kappa shape index (κ1) is 19.2. The molecule has 1 aromatic heterocycles. The van der Waals surface area contributed by atoms with Crippen LogP contribution < -0.4 is 5.32 Å². The summed E-state index contributed by atoms with van der Waals surface area (Å²) in [6.45, 7) is 4.36. The SMILES string of the molecule is Cc1cc(CCCC(=O)NCC(Cc2ccccc2)C(=O)O)c(C)s1. The highest BCUT2D eigenvalue weighted by Gasteiger charge is 2.18. The lowest BCUT2D eigenvalue weighted by Gasteiger charge is -2.13. The summed E-state index contributed by atoms with van der Waals surface area (Å²) < 4.78 is 0. The molecule has 2 rings (SSSR count). The fourth-order valence-electron chi connectivity index (χ4n) is 2.84. The van der Waals surface area contributed by atoms with Gasteiger partial charge in [0.25, 0.3) is 0 Å². The summed E-state index contributed by atoms with van der Waals surface area (Å²) in [5.74, 6) is -1.56. The summed E-state index contributed by atoms with van der Waals surface area (Å²) in [6.07, 6.45) is 2.51. The molecule has 0 aliphatic carbocycles. The maximum absolute atomic E-state index is 12.0. The minimum Gasteiger partial charge on any atom is -0.481 e. The average molecular weight is 359 g/mol. The molecule has 4 nitrogen and oxygen atoms in total. The summed E-state index contributed by atoms with van der Waals surface area (Å²) in [5, 5.41) is 12.1. The van der Waals surface area contributed by atoms with Crippen LogP contribution in [0, 0.1) is 19.8 Å². The molecule has 25 heavy (non-hydrogen) atoms. The summed E-state index contributed by atoms with van der Waals surface area (Å²) in [4.78, 5) is 26.0. The van der Waals surface area contributed by atoms with Crippen LogP contribution in [-0.4, -0.2) is 23.5 Å². The van der Waals surface area contributed by atoms with Gasteiger partial charge in [-0.1, -0.05) is 30.3 Å². The zero-order valence-corrected chi connectivity index (χ0v) is 15.6. The topological polar surface area (TPSA) is 66.4 Å². The van der Waals surface area contributed by atoms with Crippen LogP contribution >= 0.6 is 11.3 Å². The number of carbonyl (C=O) groups excluding carboxylic acids is 1. The molecule has 1 aromatic carbocycles. The van der Waals surface area contributed by atoms with Gasteiger partial charge in [0, 0.05) is 22.7 Å². The van der Waals surface area contributed by atoms with Gasteiger partial charge in [-0.05, 0) is 50.3 Å². The summed E-state index contributed by atoms with van der Waals surface area (Å²) >= 11 is 1.78. The van der Waals surface area contributed by atoms with Gasteiger partial charge in [0.15, 0.2) is 0 Å². The van der Waals surface area contributed by atoms with Crippen molar-refractivity contribution in [2.24, 2.45) is 5.92 Å². The fourth-order valence-corrected chi connectivity index (χ4v) is 3.82. The molecular weight excluding hydrogens is 334 g/mol. The Morgan fingerprint density at radius 3 is 2.52 bits per heavy atom. The number of carboxylic acid groups (broad SMARTS) is 1. The average Bonchev–Trinajstić information content (AvgIpc) is 2.89. The standard InChI is InChI=1S/C20H25NO3S/c1-14-11-17(15(2)25-14)9-6-10-19(22)21-13-18(20(23)24)12-16-7-4-3-5-8-16/h3-5,7-8,11,18H,6,9-10,12-13H2,1-2H3,(H,21,22)(H,23,24). The minimum atomic E-state index is -0.881. The highest BCUT2D eigenvalue weighted by atomic mass is 32.1. The van der Waals surface area contributed by atoms with Crippen molar-refractivity contribution in [1.29, 1.82) is 0 Å². The van der Waals surface area contributed by atoms with Crippen molar-refractivity contribution in [3.8, 4) is 0 Å². The van der Waals surface area contributed by atoms with E-state index in [4.69, 9.17) is 0 Å². The molecule has 5 heteroatoms. The van der Waals surface area contributed by atoms with Crippen molar-refractivity contribution < 1.29 is 14.7 Å². The lowest BCUT2D eigenvalue weighted by Crippen LogP contribution is -2.34. The van der Waals surface area contributed by atoms with Gasteiger partial charge in [0.05, 0.1) is 5.92 Å². The lowest BCUT2D eigenvalue weighted by molar-refractivity contribution is -0.141. The first-order valence-electron chi connectivity index (χ1n) is 8.55. The third kappa shape index (κ3) is 6.35. The molecule has 0 fully saturated rings. The van der Waals surface area contributed by atoms with Crippen LogP contribution in [0.25, 0.3) is 0 Å². The molecule has 0 saturated heterocycles. The Morgan fingerprint density at radius 1 is 1.20 bits per heavy atom. The first-order chi connectivity index (χ1) is 12.0. The van der Waals surface area contributed by atoms with Crippen LogP contribution in [0.1, 0.15) is 33.7 Å². The number of hydrogen-bond acceptors (Lipinski definition) is 3. The number of aliphatic carboxylic acids is 1. The van der Waals surface area contributed by atoms with E-state index in [9.17, 15) is 14.7 Å². The number of rotatable bonds is 9. The second-order valence-corrected chi connectivity index (χ2v) is 7.78. The van der Waals surface area contributed by atoms with Gasteiger partial charge < -0.3 is 10.4 Å². The number of carbonyl (C=O) groups is 2. The quantitative estimate of drug-likeness (QED) is 0.717. The van der Waals surface area contributed by atoms with Gasteiger partial charge in [0.2, 0.25) is 5.91 Å². The molecule has 0 bridgehead atoms. The Labute approximate surface area is 152 Å². The maximum atomic E-state index is 12.0. The number of amides is 1. The predicted octanol–water partition coefficient (Wildman–Crippen LogP) is 3.75. The van der Waals surface area contributed by atoms with Crippen LogP contribution in [0.4, 0.5) is 0 Å². The molecular formula is C20H25NO3S. The third-order valence-corrected chi connectivity index (χ3v) is 5.22. The van der Waals surface area contributed by atoms with Crippen molar-refractivity contribution in [2.75, 3.05) is 6.54 Å². The Bertz CT molecular complexity index is 709. The Balaban J connectivity index is 1.75. The number of nitrogens with one attached hydrogen (secondary N) is 1. The second-order valence-electron chi connectivity index (χ2n) is 6.32. The van der Waals surface area contributed by atoms with E-state index < -0.39 is 11.9 Å². The summed E-state index contributed by atoms with van der Waals surface area (Å²) in [5.41, 5.74) is 2.27. The van der Waals surface area contributed by atoms with Crippen LogP contribution in [0.3, 0.4) is 0 Å². The van der Waals surface area contributed by atoms with Gasteiger partial charge in [-0.3, -0.25) is 9.59 Å².